The second-order valence-electron chi connectivity index (χ2n) is 9.67. The number of halogens is 1. The molecule has 0 unspecified atom stereocenters. The fourth-order valence-corrected chi connectivity index (χ4v) is 5.01. The van der Waals surface area contributed by atoms with Gasteiger partial charge >= 0.3 is 6.03 Å². The fourth-order valence-electron chi connectivity index (χ4n) is 5.01. The van der Waals surface area contributed by atoms with E-state index in [9.17, 15) is 18.8 Å². The van der Waals surface area contributed by atoms with Gasteiger partial charge in [-0.05, 0) is 18.1 Å². The number of hydrazine groups is 1. The number of hydrogen-bond donors (Lipinski definition) is 1. The molecule has 9 nitrogen and oxygen atoms in total. The van der Waals surface area contributed by atoms with Gasteiger partial charge in [-0.15, -0.1) is 0 Å². The molecule has 2 aromatic carbocycles. The van der Waals surface area contributed by atoms with E-state index in [1.807, 2.05) is 37.3 Å². The zero-order valence-corrected chi connectivity index (χ0v) is 22.0. The highest BCUT2D eigenvalue weighted by Gasteiger charge is 2.50. The van der Waals surface area contributed by atoms with Gasteiger partial charge in [-0.1, -0.05) is 68.3 Å². The Balaban J connectivity index is 1.48. The summed E-state index contributed by atoms with van der Waals surface area (Å²) in [5.74, 6) is -0.654. The summed E-state index contributed by atoms with van der Waals surface area (Å²) in [6.45, 7) is 3.13. The molecular formula is C28H36FN5O4. The first-order valence-electron chi connectivity index (χ1n) is 13.1. The lowest BCUT2D eigenvalue weighted by atomic mass is 10.0. The molecule has 2 heterocycles. The van der Waals surface area contributed by atoms with Gasteiger partial charge in [-0.2, -0.15) is 0 Å². The first kappa shape index (κ1) is 27.5. The highest BCUT2D eigenvalue weighted by atomic mass is 19.1. The first-order chi connectivity index (χ1) is 18.4. The molecule has 2 atom stereocenters. The molecule has 0 radical (unpaired) electrons. The molecule has 2 fully saturated rings. The van der Waals surface area contributed by atoms with Gasteiger partial charge in [0.05, 0.1) is 26.3 Å². The van der Waals surface area contributed by atoms with Crippen LogP contribution in [0.25, 0.3) is 0 Å². The van der Waals surface area contributed by atoms with Crippen molar-refractivity contribution in [2.75, 3.05) is 33.3 Å². The second-order valence-corrected chi connectivity index (χ2v) is 9.67. The van der Waals surface area contributed by atoms with Crippen LogP contribution in [0.15, 0.2) is 54.6 Å². The SMILES string of the molecule is CCCC[C@H]1C(=O)N(CCOCc2ccccc2F)C[C@H]2N1C(=O)CN(C)N2C(=O)NCc1ccccc1. The van der Waals surface area contributed by atoms with Crippen molar-refractivity contribution in [2.45, 2.75) is 51.5 Å². The number of hydrogen-bond acceptors (Lipinski definition) is 5. The number of nitrogens with one attached hydrogen (secondary N) is 1. The maximum absolute atomic E-state index is 13.9. The number of urea groups is 1. The molecule has 4 rings (SSSR count). The maximum Gasteiger partial charge on any atom is 0.334 e. The molecule has 0 aromatic heterocycles. The molecule has 4 amide bonds. The van der Waals surface area contributed by atoms with E-state index in [1.54, 1.807) is 45.1 Å². The molecule has 2 aliphatic heterocycles. The van der Waals surface area contributed by atoms with Gasteiger partial charge in [0, 0.05) is 25.7 Å². The third-order valence-corrected chi connectivity index (χ3v) is 6.99. The third kappa shape index (κ3) is 6.31. The molecule has 38 heavy (non-hydrogen) atoms. The van der Waals surface area contributed by atoms with E-state index in [4.69, 9.17) is 4.74 Å². The minimum atomic E-state index is -0.647. The highest BCUT2D eigenvalue weighted by molar-refractivity contribution is 5.91. The number of nitrogens with zero attached hydrogens (tertiary/aromatic N) is 4. The van der Waals surface area contributed by atoms with E-state index in [0.29, 0.717) is 18.5 Å². The highest BCUT2D eigenvalue weighted by Crippen LogP contribution is 2.28. The average molecular weight is 526 g/mol. The molecule has 0 bridgehead atoms. The van der Waals surface area contributed by atoms with Crippen molar-refractivity contribution < 1.29 is 23.5 Å². The van der Waals surface area contributed by atoms with Crippen molar-refractivity contribution in [1.29, 1.82) is 0 Å². The predicted octanol–water partition coefficient (Wildman–Crippen LogP) is 2.97. The molecule has 10 heteroatoms. The van der Waals surface area contributed by atoms with E-state index in [2.05, 4.69) is 5.32 Å². The second kappa shape index (κ2) is 12.8. The molecule has 2 saturated heterocycles. The lowest BCUT2D eigenvalue weighted by Crippen LogP contribution is -2.76. The van der Waals surface area contributed by atoms with Gasteiger partial charge in [0.1, 0.15) is 18.0 Å². The monoisotopic (exact) mass is 525 g/mol. The van der Waals surface area contributed by atoms with Crippen molar-refractivity contribution in [1.82, 2.24) is 25.1 Å². The van der Waals surface area contributed by atoms with Crippen molar-refractivity contribution in [2.24, 2.45) is 0 Å². The zero-order valence-electron chi connectivity index (χ0n) is 22.0. The van der Waals surface area contributed by atoms with Crippen LogP contribution in [0.4, 0.5) is 9.18 Å². The Hall–Kier alpha value is -3.50. The van der Waals surface area contributed by atoms with Crippen LogP contribution in [0.5, 0.6) is 0 Å². The average Bonchev–Trinajstić information content (AvgIpc) is 2.91. The molecule has 204 valence electrons. The Morgan fingerprint density at radius 1 is 1.11 bits per heavy atom. The summed E-state index contributed by atoms with van der Waals surface area (Å²) in [6.07, 6.45) is 1.54. The summed E-state index contributed by atoms with van der Waals surface area (Å²) < 4.78 is 19.6. The van der Waals surface area contributed by atoms with Gasteiger partial charge in [-0.3, -0.25) is 9.59 Å². The first-order valence-corrected chi connectivity index (χ1v) is 13.1. The number of fused-ring (bicyclic) bond motifs is 1. The number of unbranched alkanes of at least 4 members (excludes halogenated alkanes) is 1. The van der Waals surface area contributed by atoms with Crippen LogP contribution >= 0.6 is 0 Å². The summed E-state index contributed by atoms with van der Waals surface area (Å²) in [5.41, 5.74) is 1.41. The fraction of sp³-hybridized carbons (Fsp3) is 0.464. The van der Waals surface area contributed by atoms with E-state index >= 15 is 0 Å². The van der Waals surface area contributed by atoms with Crippen LogP contribution in [0, 0.1) is 5.82 Å². The summed E-state index contributed by atoms with van der Waals surface area (Å²) in [7, 11) is 1.71. The van der Waals surface area contributed by atoms with Gasteiger partial charge in [0.15, 0.2) is 0 Å². The van der Waals surface area contributed by atoms with Crippen LogP contribution < -0.4 is 5.32 Å². The summed E-state index contributed by atoms with van der Waals surface area (Å²) >= 11 is 0. The molecule has 2 aliphatic rings. The molecule has 1 N–H and O–H groups in total. The van der Waals surface area contributed by atoms with Gasteiger partial charge in [-0.25, -0.2) is 19.2 Å². The van der Waals surface area contributed by atoms with Gasteiger partial charge < -0.3 is 19.9 Å². The Labute approximate surface area is 223 Å². The van der Waals surface area contributed by atoms with E-state index < -0.39 is 12.2 Å². The molecule has 0 saturated carbocycles. The third-order valence-electron chi connectivity index (χ3n) is 6.99. The Morgan fingerprint density at radius 3 is 2.58 bits per heavy atom. The smallest absolute Gasteiger partial charge is 0.334 e. The predicted molar refractivity (Wildman–Crippen MR) is 140 cm³/mol. The van der Waals surface area contributed by atoms with E-state index in [-0.39, 0.29) is 56.5 Å². The minimum absolute atomic E-state index is 0.0108. The number of benzene rings is 2. The van der Waals surface area contributed by atoms with Crippen molar-refractivity contribution in [3.05, 3.63) is 71.5 Å². The molecule has 0 aliphatic carbocycles. The number of carbonyl (C=O) groups excluding carboxylic acids is 3. The summed E-state index contributed by atoms with van der Waals surface area (Å²) in [5, 5.41) is 6.11. The number of piperazine rings is 1. The summed E-state index contributed by atoms with van der Waals surface area (Å²) in [6, 6.07) is 15.0. The minimum Gasteiger partial charge on any atom is -0.375 e. The van der Waals surface area contributed by atoms with Crippen LogP contribution in [-0.2, 0) is 27.5 Å². The molecule has 2 aromatic rings. The normalized spacial score (nSPS) is 20.0. The topological polar surface area (TPSA) is 85.4 Å². The number of carbonyl (C=O) groups is 3. The van der Waals surface area contributed by atoms with Crippen molar-refractivity contribution >= 4 is 17.8 Å². The lowest BCUT2D eigenvalue weighted by Gasteiger charge is -2.54. The number of likely N-dealkylation sites (N-methyl/N-ethyl adjacent to an activating group) is 1. The lowest BCUT2D eigenvalue weighted by molar-refractivity contribution is -0.188. The van der Waals surface area contributed by atoms with Gasteiger partial charge in [0.2, 0.25) is 11.8 Å². The molecule has 0 spiro atoms. The Bertz CT molecular complexity index is 1120. The number of amides is 4. The van der Waals surface area contributed by atoms with Crippen molar-refractivity contribution in [3.63, 3.8) is 0 Å². The van der Waals surface area contributed by atoms with E-state index in [1.165, 1.54) is 6.07 Å². The zero-order chi connectivity index (χ0) is 27.1. The summed E-state index contributed by atoms with van der Waals surface area (Å²) in [4.78, 5) is 43.3. The van der Waals surface area contributed by atoms with Crippen LogP contribution in [0.1, 0.15) is 37.3 Å². The van der Waals surface area contributed by atoms with Gasteiger partial charge in [0.25, 0.3) is 0 Å². The van der Waals surface area contributed by atoms with Crippen LogP contribution in [-0.4, -0.2) is 83.2 Å². The molecular weight excluding hydrogens is 489 g/mol. The number of rotatable bonds is 10. The van der Waals surface area contributed by atoms with Crippen LogP contribution in [0.3, 0.4) is 0 Å². The quantitative estimate of drug-likeness (QED) is 0.482. The largest absolute Gasteiger partial charge is 0.375 e. The maximum atomic E-state index is 13.9. The Kier molecular flexibility index (Phi) is 9.30. The Morgan fingerprint density at radius 2 is 1.84 bits per heavy atom. The standard InChI is InChI=1S/C28H36FN5O4/c1-3-4-14-24-27(36)32(15-16-38-20-22-12-8-9-13-23(22)29)18-25-33(24)26(35)19-31(2)34(25)28(37)30-17-21-10-6-5-7-11-21/h5-13,24-25H,3-4,14-20H2,1-2H3,(H,30,37)/t24-,25-/m0/s1. The van der Waals surface area contributed by atoms with Crippen molar-refractivity contribution in [3.8, 4) is 0 Å². The van der Waals surface area contributed by atoms with E-state index in [0.717, 1.165) is 18.4 Å². The number of ether oxygens (including phenoxy) is 1. The van der Waals surface area contributed by atoms with Crippen LogP contribution in [0.2, 0.25) is 0 Å².